The molecule has 0 aromatic rings. The Balaban J connectivity index is 2.22. The molecule has 0 heteroatoms. The van der Waals surface area contributed by atoms with Crippen LogP contribution in [0.2, 0.25) is 0 Å². The first kappa shape index (κ1) is 19.5. The molecule has 1 rings (SSSR count). The molecule has 0 aliphatic heterocycles. The summed E-state index contributed by atoms with van der Waals surface area (Å²) in [5, 5.41) is 0. The maximum Gasteiger partial charge on any atom is -0.0140 e. The highest BCUT2D eigenvalue weighted by Gasteiger charge is 2.25. The lowest BCUT2D eigenvalue weighted by atomic mass is 9.85. The van der Waals surface area contributed by atoms with Crippen molar-refractivity contribution < 1.29 is 0 Å². The van der Waals surface area contributed by atoms with Gasteiger partial charge in [0.2, 0.25) is 0 Å². The minimum absolute atomic E-state index is 0.287. The largest absolute Gasteiger partial charge is 0.103 e. The van der Waals surface area contributed by atoms with Crippen LogP contribution in [0.15, 0.2) is 24.8 Å². The smallest absolute Gasteiger partial charge is 0.0140 e. The first-order chi connectivity index (χ1) is 10.6. The van der Waals surface area contributed by atoms with Gasteiger partial charge in [-0.25, -0.2) is 0 Å². The zero-order valence-corrected chi connectivity index (χ0v) is 15.6. The Kier molecular flexibility index (Phi) is 9.84. The Labute approximate surface area is 140 Å². The van der Waals surface area contributed by atoms with Gasteiger partial charge in [0.05, 0.1) is 0 Å². The van der Waals surface area contributed by atoms with Crippen LogP contribution in [-0.2, 0) is 0 Å². The van der Waals surface area contributed by atoms with E-state index >= 15 is 0 Å². The van der Waals surface area contributed by atoms with Crippen molar-refractivity contribution in [3.05, 3.63) is 24.8 Å². The summed E-state index contributed by atoms with van der Waals surface area (Å²) in [5.74, 6) is 1.98. The molecular formula is C22H40. The Bertz CT molecular complexity index is 310. The monoisotopic (exact) mass is 304 g/mol. The van der Waals surface area contributed by atoms with E-state index < -0.39 is 0 Å². The topological polar surface area (TPSA) is 0 Å². The highest BCUT2D eigenvalue weighted by atomic mass is 14.3. The summed E-state index contributed by atoms with van der Waals surface area (Å²) in [6.45, 7) is 10.8. The minimum Gasteiger partial charge on any atom is -0.103 e. The summed E-state index contributed by atoms with van der Waals surface area (Å²) >= 11 is 0. The normalized spacial score (nSPS) is 22.5. The van der Waals surface area contributed by atoms with Gasteiger partial charge in [0.1, 0.15) is 0 Å². The number of unbranched alkanes of at least 4 members (excludes halogenated alkanes) is 5. The van der Waals surface area contributed by atoms with E-state index in [1.165, 1.54) is 70.6 Å². The second-order valence-electron chi connectivity index (χ2n) is 8.13. The Hall–Kier alpha value is -0.520. The molecule has 0 aromatic heterocycles. The SMILES string of the molecule is C=CCC(C)(C)C=CC[C@H]1CCC[C@@H]1CCCCCCCC. The van der Waals surface area contributed by atoms with Crippen molar-refractivity contribution in [2.24, 2.45) is 17.3 Å². The average molecular weight is 305 g/mol. The lowest BCUT2D eigenvalue weighted by Gasteiger charge is -2.20. The van der Waals surface area contributed by atoms with E-state index in [1.807, 2.05) is 6.08 Å². The van der Waals surface area contributed by atoms with Crippen LogP contribution in [0.5, 0.6) is 0 Å². The van der Waals surface area contributed by atoms with E-state index in [4.69, 9.17) is 0 Å². The molecule has 1 saturated carbocycles. The molecule has 0 saturated heterocycles. The number of rotatable bonds is 12. The van der Waals surface area contributed by atoms with Gasteiger partial charge in [0.25, 0.3) is 0 Å². The maximum absolute atomic E-state index is 3.87. The molecule has 0 N–H and O–H groups in total. The molecule has 0 amide bonds. The standard InChI is InChI=1S/C22H40/c1-5-7-8-9-10-11-14-20-15-12-16-21(20)17-13-19-22(3,4)18-6-2/h6,13,19-21H,2,5,7-12,14-18H2,1,3-4H3/t20-,21+/m0/s1. The lowest BCUT2D eigenvalue weighted by Crippen LogP contribution is -2.09. The van der Waals surface area contributed by atoms with E-state index in [-0.39, 0.29) is 5.41 Å². The van der Waals surface area contributed by atoms with Crippen molar-refractivity contribution in [1.82, 2.24) is 0 Å². The minimum atomic E-state index is 0.287. The van der Waals surface area contributed by atoms with E-state index in [2.05, 4.69) is 39.5 Å². The van der Waals surface area contributed by atoms with Gasteiger partial charge in [0, 0.05) is 0 Å². The summed E-state index contributed by atoms with van der Waals surface area (Å²) in [7, 11) is 0. The van der Waals surface area contributed by atoms with Crippen LogP contribution in [0.1, 0.15) is 97.8 Å². The number of hydrogen-bond acceptors (Lipinski definition) is 0. The van der Waals surface area contributed by atoms with Crippen molar-refractivity contribution in [2.45, 2.75) is 97.8 Å². The number of allylic oxidation sites excluding steroid dienone is 3. The van der Waals surface area contributed by atoms with Gasteiger partial charge >= 0.3 is 0 Å². The van der Waals surface area contributed by atoms with Gasteiger partial charge in [-0.15, -0.1) is 6.58 Å². The lowest BCUT2D eigenvalue weighted by molar-refractivity contribution is 0.351. The van der Waals surface area contributed by atoms with Crippen LogP contribution in [0.4, 0.5) is 0 Å². The van der Waals surface area contributed by atoms with Crippen molar-refractivity contribution >= 4 is 0 Å². The average Bonchev–Trinajstić information content (AvgIpc) is 2.90. The molecule has 0 heterocycles. The van der Waals surface area contributed by atoms with E-state index in [9.17, 15) is 0 Å². The van der Waals surface area contributed by atoms with Gasteiger partial charge in [-0.05, 0) is 36.5 Å². The molecule has 22 heavy (non-hydrogen) atoms. The van der Waals surface area contributed by atoms with E-state index in [1.54, 1.807) is 0 Å². The number of hydrogen-bond donors (Lipinski definition) is 0. The van der Waals surface area contributed by atoms with Gasteiger partial charge in [-0.2, -0.15) is 0 Å². The molecule has 0 radical (unpaired) electrons. The van der Waals surface area contributed by atoms with Crippen LogP contribution >= 0.6 is 0 Å². The van der Waals surface area contributed by atoms with Crippen molar-refractivity contribution in [3.63, 3.8) is 0 Å². The fraction of sp³-hybridized carbons (Fsp3) is 0.818. The highest BCUT2D eigenvalue weighted by Crippen LogP contribution is 2.38. The Morgan fingerprint density at radius 3 is 2.41 bits per heavy atom. The molecule has 1 aliphatic carbocycles. The summed E-state index contributed by atoms with van der Waals surface area (Å²) in [6, 6.07) is 0. The third-order valence-electron chi connectivity index (χ3n) is 5.42. The molecule has 1 aliphatic rings. The summed E-state index contributed by atoms with van der Waals surface area (Å²) < 4.78 is 0. The van der Waals surface area contributed by atoms with E-state index in [0.717, 1.165) is 18.3 Å². The second kappa shape index (κ2) is 11.1. The van der Waals surface area contributed by atoms with Gasteiger partial charge in [0.15, 0.2) is 0 Å². The fourth-order valence-corrected chi connectivity index (χ4v) is 3.99. The molecule has 1 fully saturated rings. The molecular weight excluding hydrogens is 264 g/mol. The molecule has 0 spiro atoms. The Morgan fingerprint density at radius 2 is 1.68 bits per heavy atom. The van der Waals surface area contributed by atoms with Gasteiger partial charge in [-0.1, -0.05) is 96.8 Å². The summed E-state index contributed by atoms with van der Waals surface area (Å²) in [4.78, 5) is 0. The first-order valence-electron chi connectivity index (χ1n) is 9.87. The van der Waals surface area contributed by atoms with Crippen LogP contribution in [-0.4, -0.2) is 0 Å². The van der Waals surface area contributed by atoms with Crippen LogP contribution in [0.25, 0.3) is 0 Å². The zero-order chi connectivity index (χ0) is 16.3. The molecule has 0 nitrogen and oxygen atoms in total. The van der Waals surface area contributed by atoms with Crippen molar-refractivity contribution in [2.75, 3.05) is 0 Å². The summed E-state index contributed by atoms with van der Waals surface area (Å²) in [5.41, 5.74) is 0.287. The first-order valence-corrected chi connectivity index (χ1v) is 9.87. The zero-order valence-electron chi connectivity index (χ0n) is 15.6. The summed E-state index contributed by atoms with van der Waals surface area (Å²) in [6.07, 6.45) is 23.9. The third kappa shape index (κ3) is 8.20. The molecule has 0 unspecified atom stereocenters. The molecule has 0 aromatic carbocycles. The van der Waals surface area contributed by atoms with Gasteiger partial charge in [-0.3, -0.25) is 0 Å². The fourth-order valence-electron chi connectivity index (χ4n) is 3.99. The third-order valence-corrected chi connectivity index (χ3v) is 5.42. The molecule has 128 valence electrons. The molecule has 0 bridgehead atoms. The second-order valence-corrected chi connectivity index (χ2v) is 8.13. The van der Waals surface area contributed by atoms with Crippen LogP contribution in [0.3, 0.4) is 0 Å². The predicted molar refractivity (Wildman–Crippen MR) is 101 cm³/mol. The van der Waals surface area contributed by atoms with Gasteiger partial charge < -0.3 is 0 Å². The predicted octanol–water partition coefficient (Wildman–Crippen LogP) is 7.70. The van der Waals surface area contributed by atoms with Crippen LogP contribution < -0.4 is 0 Å². The van der Waals surface area contributed by atoms with Crippen LogP contribution in [0, 0.1) is 17.3 Å². The maximum atomic E-state index is 3.87. The quantitative estimate of drug-likeness (QED) is 0.256. The Morgan fingerprint density at radius 1 is 1.00 bits per heavy atom. The highest BCUT2D eigenvalue weighted by molar-refractivity contribution is 4.99. The van der Waals surface area contributed by atoms with Crippen molar-refractivity contribution in [3.8, 4) is 0 Å². The molecule has 2 atom stereocenters. The van der Waals surface area contributed by atoms with Crippen molar-refractivity contribution in [1.29, 1.82) is 0 Å². The van der Waals surface area contributed by atoms with E-state index in [0.29, 0.717) is 0 Å².